The lowest BCUT2D eigenvalue weighted by Crippen LogP contribution is -2.55. The molecule has 1 N–H and O–H groups in total. The molecule has 2 amide bonds. The fraction of sp³-hybridized carbons (Fsp3) is 0.316. The van der Waals surface area contributed by atoms with E-state index in [1.54, 1.807) is 35.2 Å². The summed E-state index contributed by atoms with van der Waals surface area (Å²) in [5, 5.41) is 3.58. The average Bonchev–Trinajstić information content (AvgIpc) is 3.07. The van der Waals surface area contributed by atoms with Gasteiger partial charge in [-0.3, -0.25) is 13.9 Å². The number of nitrogens with zero attached hydrogens (tertiary/aromatic N) is 2. The van der Waals surface area contributed by atoms with Crippen LogP contribution in [0.3, 0.4) is 0 Å². The number of anilines is 1. The van der Waals surface area contributed by atoms with Gasteiger partial charge in [-0.2, -0.15) is 0 Å². The zero-order chi connectivity index (χ0) is 33.4. The highest BCUT2D eigenvalue weighted by Crippen LogP contribution is 2.28. The number of hydrogen-bond acceptors (Lipinski definition) is 4. The Balaban J connectivity index is 1.57. The van der Waals surface area contributed by atoms with Gasteiger partial charge >= 0.3 is 0 Å². The molecular weight excluding hydrogens is 630 g/mol. The van der Waals surface area contributed by atoms with E-state index in [1.807, 2.05) is 68.4 Å². The fourth-order valence-electron chi connectivity index (χ4n) is 6.07. The molecule has 0 heterocycles. The lowest BCUT2D eigenvalue weighted by Gasteiger charge is -2.35. The Morgan fingerprint density at radius 2 is 1.53 bits per heavy atom. The number of carbonyl (C=O) groups excluding carboxylic acids is 2. The van der Waals surface area contributed by atoms with Crippen molar-refractivity contribution in [1.82, 2.24) is 10.2 Å². The lowest BCUT2D eigenvalue weighted by atomic mass is 9.94. The van der Waals surface area contributed by atoms with E-state index in [2.05, 4.69) is 5.32 Å². The zero-order valence-electron chi connectivity index (χ0n) is 26.9. The van der Waals surface area contributed by atoms with Gasteiger partial charge in [-0.25, -0.2) is 8.42 Å². The van der Waals surface area contributed by atoms with Crippen LogP contribution in [0.2, 0.25) is 5.02 Å². The van der Waals surface area contributed by atoms with Gasteiger partial charge < -0.3 is 10.2 Å². The van der Waals surface area contributed by atoms with Crippen LogP contribution in [0.25, 0.3) is 0 Å². The second-order valence-corrected chi connectivity index (χ2v) is 14.6. The number of carbonyl (C=O) groups is 2. The minimum atomic E-state index is -4.20. The minimum Gasteiger partial charge on any atom is -0.352 e. The molecule has 7 nitrogen and oxygen atoms in total. The van der Waals surface area contributed by atoms with Gasteiger partial charge in [0.1, 0.15) is 12.6 Å². The van der Waals surface area contributed by atoms with Gasteiger partial charge in [0, 0.05) is 24.0 Å². The molecule has 9 heteroatoms. The molecule has 0 saturated heterocycles. The van der Waals surface area contributed by atoms with Crippen molar-refractivity contribution in [2.24, 2.45) is 0 Å². The molecule has 5 rings (SSSR count). The first-order valence-corrected chi connectivity index (χ1v) is 18.0. The van der Waals surface area contributed by atoms with E-state index in [1.165, 1.54) is 18.2 Å². The summed E-state index contributed by atoms with van der Waals surface area (Å²) in [7, 11) is -4.20. The third-order valence-electron chi connectivity index (χ3n) is 8.81. The summed E-state index contributed by atoms with van der Waals surface area (Å²) >= 11 is 6.33. The second-order valence-electron chi connectivity index (χ2n) is 12.3. The molecule has 1 aliphatic rings. The van der Waals surface area contributed by atoms with Crippen LogP contribution >= 0.6 is 11.6 Å². The first-order chi connectivity index (χ1) is 22.6. The van der Waals surface area contributed by atoms with Gasteiger partial charge in [-0.1, -0.05) is 109 Å². The van der Waals surface area contributed by atoms with Crippen molar-refractivity contribution >= 4 is 39.1 Å². The van der Waals surface area contributed by atoms with Crippen molar-refractivity contribution in [3.63, 3.8) is 0 Å². The second kappa shape index (κ2) is 15.6. The van der Waals surface area contributed by atoms with E-state index in [0.717, 1.165) is 58.7 Å². The average molecular weight is 672 g/mol. The van der Waals surface area contributed by atoms with E-state index in [-0.39, 0.29) is 35.5 Å². The topological polar surface area (TPSA) is 86.8 Å². The largest absolute Gasteiger partial charge is 0.352 e. The maximum Gasteiger partial charge on any atom is 0.264 e. The normalized spacial score (nSPS) is 14.3. The maximum absolute atomic E-state index is 14.7. The highest BCUT2D eigenvalue weighted by atomic mass is 35.5. The Kier molecular flexibility index (Phi) is 11.4. The summed E-state index contributed by atoms with van der Waals surface area (Å²) < 4.78 is 29.5. The van der Waals surface area contributed by atoms with Crippen LogP contribution in [0.5, 0.6) is 0 Å². The molecule has 0 unspecified atom stereocenters. The Bertz CT molecular complexity index is 1770. The van der Waals surface area contributed by atoms with E-state index in [0.29, 0.717) is 5.02 Å². The number of rotatable bonds is 12. The molecule has 47 heavy (non-hydrogen) atoms. The molecule has 0 aliphatic heterocycles. The van der Waals surface area contributed by atoms with Gasteiger partial charge in [0.15, 0.2) is 0 Å². The van der Waals surface area contributed by atoms with E-state index in [4.69, 9.17) is 11.6 Å². The molecule has 246 valence electrons. The number of sulfonamides is 1. The standard InChI is InChI=1S/C38H42ClN3O4S/c1-28-20-22-35(23-21-28)47(45,46)42(34-19-11-16-32(39)25-34)27-37(43)41(26-31-15-10-9-12-29(31)2)36(24-30-13-5-3-6-14-30)38(44)40-33-17-7-4-8-18-33/h3,5-6,9-16,19-23,25,33,36H,4,7-8,17-18,24,26-27H2,1-2H3,(H,40,44)/t36-/m1/s1. The number of aryl methyl sites for hydroxylation is 2. The molecule has 0 bridgehead atoms. The number of nitrogens with one attached hydrogen (secondary N) is 1. The predicted octanol–water partition coefficient (Wildman–Crippen LogP) is 7.24. The quantitative estimate of drug-likeness (QED) is 0.172. The molecule has 4 aromatic carbocycles. The summed E-state index contributed by atoms with van der Waals surface area (Å²) in [6.07, 6.45) is 5.31. The van der Waals surface area contributed by atoms with Gasteiger partial charge in [-0.15, -0.1) is 0 Å². The molecule has 0 spiro atoms. The molecule has 1 fully saturated rings. The molecular formula is C38H42ClN3O4S. The smallest absolute Gasteiger partial charge is 0.264 e. The molecule has 0 aromatic heterocycles. The highest BCUT2D eigenvalue weighted by Gasteiger charge is 2.35. The van der Waals surface area contributed by atoms with E-state index in [9.17, 15) is 18.0 Å². The Morgan fingerprint density at radius 3 is 2.21 bits per heavy atom. The van der Waals surface area contributed by atoms with Gasteiger partial charge in [0.2, 0.25) is 11.8 Å². The number of halogens is 1. The lowest BCUT2D eigenvalue weighted by molar-refractivity contribution is -0.140. The summed E-state index contributed by atoms with van der Waals surface area (Å²) in [6.45, 7) is 3.45. The van der Waals surface area contributed by atoms with Crippen molar-refractivity contribution < 1.29 is 18.0 Å². The summed E-state index contributed by atoms with van der Waals surface area (Å²) in [5.41, 5.74) is 3.91. The molecule has 1 aliphatic carbocycles. The Hall–Kier alpha value is -4.14. The number of hydrogen-bond donors (Lipinski definition) is 1. The first-order valence-electron chi connectivity index (χ1n) is 16.1. The first kappa shape index (κ1) is 34.2. The van der Waals surface area contributed by atoms with Crippen molar-refractivity contribution in [2.45, 2.75) is 75.9 Å². The van der Waals surface area contributed by atoms with Gasteiger partial charge in [-0.05, 0) is 73.7 Å². The zero-order valence-corrected chi connectivity index (χ0v) is 28.5. The van der Waals surface area contributed by atoms with Crippen molar-refractivity contribution in [3.05, 3.63) is 130 Å². The minimum absolute atomic E-state index is 0.0369. The van der Waals surface area contributed by atoms with Crippen LogP contribution in [0.1, 0.15) is 54.4 Å². The number of amides is 2. The third kappa shape index (κ3) is 8.82. The summed E-state index contributed by atoms with van der Waals surface area (Å²) in [4.78, 5) is 30.5. The molecule has 1 saturated carbocycles. The SMILES string of the molecule is Cc1ccc(S(=O)(=O)N(CC(=O)N(Cc2ccccc2C)[C@H](Cc2ccccc2)C(=O)NC2CCCCC2)c2cccc(Cl)c2)cc1. The van der Waals surface area contributed by atoms with Crippen molar-refractivity contribution in [2.75, 3.05) is 10.8 Å². The third-order valence-corrected chi connectivity index (χ3v) is 10.8. The van der Waals surface area contributed by atoms with Crippen LogP contribution in [0, 0.1) is 13.8 Å². The van der Waals surface area contributed by atoms with Crippen LogP contribution in [0.15, 0.2) is 108 Å². The van der Waals surface area contributed by atoms with Crippen molar-refractivity contribution in [1.29, 1.82) is 0 Å². The summed E-state index contributed by atoms with van der Waals surface area (Å²) in [5.74, 6) is -0.734. The monoisotopic (exact) mass is 671 g/mol. The molecule has 1 atom stereocenters. The summed E-state index contributed by atoms with van der Waals surface area (Å²) in [6, 6.07) is 29.5. The van der Waals surface area contributed by atoms with Crippen molar-refractivity contribution in [3.8, 4) is 0 Å². The molecule has 0 radical (unpaired) electrons. The molecule has 4 aromatic rings. The van der Waals surface area contributed by atoms with Crippen LogP contribution in [-0.2, 0) is 32.6 Å². The van der Waals surface area contributed by atoms with Crippen LogP contribution in [-0.4, -0.2) is 43.8 Å². The predicted molar refractivity (Wildman–Crippen MR) is 188 cm³/mol. The van der Waals surface area contributed by atoms with Gasteiger partial charge in [0.25, 0.3) is 10.0 Å². The fourth-order valence-corrected chi connectivity index (χ4v) is 7.66. The van der Waals surface area contributed by atoms with E-state index < -0.39 is 28.5 Å². The van der Waals surface area contributed by atoms with E-state index >= 15 is 0 Å². The van der Waals surface area contributed by atoms with Crippen LogP contribution < -0.4 is 9.62 Å². The highest BCUT2D eigenvalue weighted by molar-refractivity contribution is 7.92. The Labute approximate surface area is 283 Å². The Morgan fingerprint density at radius 1 is 0.851 bits per heavy atom. The maximum atomic E-state index is 14.7. The van der Waals surface area contributed by atoms with Gasteiger partial charge in [0.05, 0.1) is 10.6 Å². The van der Waals surface area contributed by atoms with Crippen LogP contribution in [0.4, 0.5) is 5.69 Å². The number of benzene rings is 4.